The van der Waals surface area contributed by atoms with Gasteiger partial charge in [-0.1, -0.05) is 13.3 Å². The van der Waals surface area contributed by atoms with Crippen molar-refractivity contribution in [3.63, 3.8) is 0 Å². The van der Waals surface area contributed by atoms with Crippen molar-refractivity contribution in [2.45, 2.75) is 116 Å². The van der Waals surface area contributed by atoms with Crippen LogP contribution in [-0.4, -0.2) is 121 Å². The highest BCUT2D eigenvalue weighted by molar-refractivity contribution is 5.68. The van der Waals surface area contributed by atoms with Crippen molar-refractivity contribution < 1.29 is 76.8 Å². The van der Waals surface area contributed by atoms with Gasteiger partial charge >= 0.3 is 29.8 Å². The Labute approximate surface area is 242 Å². The summed E-state index contributed by atoms with van der Waals surface area (Å²) >= 11 is 0. The molecule has 0 saturated carbocycles. The maximum Gasteiger partial charge on any atom is 0.305 e. The molecule has 0 aromatic carbocycles. The summed E-state index contributed by atoms with van der Waals surface area (Å²) in [6, 6.07) is 0. The molecule has 0 radical (unpaired) electrons. The number of rotatable bonds is 13. The molecule has 0 unspecified atom stereocenters. The van der Waals surface area contributed by atoms with Gasteiger partial charge in [0, 0.05) is 41.2 Å². The van der Waals surface area contributed by atoms with E-state index in [4.69, 9.17) is 42.6 Å². The van der Waals surface area contributed by atoms with E-state index in [0.29, 0.717) is 6.42 Å². The summed E-state index contributed by atoms with van der Waals surface area (Å²) in [5, 5.41) is 20.5. The van der Waals surface area contributed by atoms with Crippen LogP contribution in [0.4, 0.5) is 0 Å². The van der Waals surface area contributed by atoms with Crippen LogP contribution >= 0.6 is 0 Å². The lowest BCUT2D eigenvalue weighted by atomic mass is 9.96. The molecule has 2 aliphatic rings. The molecule has 42 heavy (non-hydrogen) atoms. The highest BCUT2D eigenvalue weighted by atomic mass is 16.8. The molecule has 2 N–H and O–H groups in total. The first-order valence-corrected chi connectivity index (χ1v) is 13.5. The number of carbonyl (C=O) groups is 5. The Morgan fingerprint density at radius 2 is 1.21 bits per heavy atom. The molecule has 240 valence electrons. The van der Waals surface area contributed by atoms with E-state index < -0.39 is 104 Å². The summed E-state index contributed by atoms with van der Waals surface area (Å²) in [6.07, 6.45) is -13.3. The van der Waals surface area contributed by atoms with Gasteiger partial charge in [0.25, 0.3) is 0 Å². The normalized spacial score (nSPS) is 32.8. The van der Waals surface area contributed by atoms with Crippen molar-refractivity contribution in [3.8, 4) is 0 Å². The Morgan fingerprint density at radius 3 is 1.74 bits per heavy atom. The lowest BCUT2D eigenvalue weighted by molar-refractivity contribution is -0.365. The maximum atomic E-state index is 12.2. The molecule has 0 bridgehead atoms. The fourth-order valence-electron chi connectivity index (χ4n) is 4.45. The van der Waals surface area contributed by atoms with Gasteiger partial charge in [-0.05, 0) is 6.42 Å². The third-order valence-electron chi connectivity index (χ3n) is 6.13. The van der Waals surface area contributed by atoms with Crippen LogP contribution in [0.15, 0.2) is 0 Å². The quantitative estimate of drug-likeness (QED) is 0.150. The van der Waals surface area contributed by atoms with E-state index in [1.807, 2.05) is 6.92 Å². The summed E-state index contributed by atoms with van der Waals surface area (Å²) in [5.74, 6) is -3.96. The average molecular weight is 609 g/mol. The van der Waals surface area contributed by atoms with Crippen LogP contribution < -0.4 is 0 Å². The predicted molar refractivity (Wildman–Crippen MR) is 135 cm³/mol. The monoisotopic (exact) mass is 608 g/mol. The van der Waals surface area contributed by atoms with Crippen molar-refractivity contribution in [2.24, 2.45) is 0 Å². The van der Waals surface area contributed by atoms with Gasteiger partial charge in [0.05, 0.1) is 6.61 Å². The van der Waals surface area contributed by atoms with Gasteiger partial charge in [0.2, 0.25) is 6.29 Å². The first-order chi connectivity index (χ1) is 19.8. The molecule has 0 aromatic rings. The van der Waals surface area contributed by atoms with Crippen LogP contribution in [0.1, 0.15) is 54.4 Å². The lowest BCUT2D eigenvalue weighted by Gasteiger charge is -2.48. The number of aliphatic hydroxyl groups is 2. The van der Waals surface area contributed by atoms with Crippen LogP contribution in [0.25, 0.3) is 0 Å². The Hall–Kier alpha value is -2.89. The summed E-state index contributed by atoms with van der Waals surface area (Å²) in [7, 11) is 0. The van der Waals surface area contributed by atoms with E-state index >= 15 is 0 Å². The smallest absolute Gasteiger partial charge is 0.305 e. The Bertz CT molecular complexity index is 939. The molecule has 16 nitrogen and oxygen atoms in total. The minimum absolute atomic E-state index is 0.186. The topological polar surface area (TPSA) is 209 Å². The van der Waals surface area contributed by atoms with E-state index in [2.05, 4.69) is 0 Å². The highest BCUT2D eigenvalue weighted by Crippen LogP contribution is 2.34. The third kappa shape index (κ3) is 10.1. The van der Waals surface area contributed by atoms with Gasteiger partial charge in [0.1, 0.15) is 31.0 Å². The SMILES string of the molecule is CCCCO[C@H]1[C@H](OC(C)=O)[C@H](OC(C)=O)[C@@H](O[C@@H]2[C@@H](OC(C)=O)O[C@@H](CO)[C@@H](O)[C@@H]2OC(C)=O)O[C@@H]1COC(C)=O. The first-order valence-electron chi connectivity index (χ1n) is 13.5. The zero-order chi connectivity index (χ0) is 31.6. The van der Waals surface area contributed by atoms with Crippen molar-refractivity contribution in [3.05, 3.63) is 0 Å². The van der Waals surface area contributed by atoms with E-state index in [9.17, 15) is 34.2 Å². The Balaban J connectivity index is 2.58. The first kappa shape index (κ1) is 35.3. The van der Waals surface area contributed by atoms with E-state index in [-0.39, 0.29) is 6.61 Å². The van der Waals surface area contributed by atoms with Gasteiger partial charge in [0.15, 0.2) is 30.7 Å². The fourth-order valence-corrected chi connectivity index (χ4v) is 4.45. The molecule has 0 amide bonds. The molecule has 2 heterocycles. The second-order valence-electron chi connectivity index (χ2n) is 9.68. The van der Waals surface area contributed by atoms with Gasteiger partial charge in [-0.25, -0.2) is 0 Å². The maximum absolute atomic E-state index is 12.2. The molecule has 2 saturated heterocycles. The second-order valence-corrected chi connectivity index (χ2v) is 9.68. The van der Waals surface area contributed by atoms with Crippen LogP contribution in [-0.2, 0) is 66.6 Å². The molecular weight excluding hydrogens is 568 g/mol. The summed E-state index contributed by atoms with van der Waals surface area (Å²) in [5.41, 5.74) is 0. The number of aliphatic hydroxyl groups excluding tert-OH is 2. The molecular formula is C26H40O16. The number of hydrogen-bond donors (Lipinski definition) is 2. The third-order valence-corrected chi connectivity index (χ3v) is 6.13. The van der Waals surface area contributed by atoms with Crippen LogP contribution in [0.5, 0.6) is 0 Å². The molecule has 2 fully saturated rings. The molecule has 10 atom stereocenters. The number of unbranched alkanes of at least 4 members (excludes halogenated alkanes) is 1. The molecule has 0 aliphatic carbocycles. The number of hydrogen-bond acceptors (Lipinski definition) is 16. The van der Waals surface area contributed by atoms with Crippen molar-refractivity contribution in [1.29, 1.82) is 0 Å². The summed E-state index contributed by atoms with van der Waals surface area (Å²) in [6.45, 7) is 6.46. The second kappa shape index (κ2) is 16.7. The zero-order valence-corrected chi connectivity index (χ0v) is 24.4. The van der Waals surface area contributed by atoms with Crippen molar-refractivity contribution in [2.75, 3.05) is 19.8 Å². The molecule has 2 aliphatic heterocycles. The van der Waals surface area contributed by atoms with Crippen LogP contribution in [0.3, 0.4) is 0 Å². The van der Waals surface area contributed by atoms with Gasteiger partial charge < -0.3 is 52.8 Å². The van der Waals surface area contributed by atoms with Crippen LogP contribution in [0.2, 0.25) is 0 Å². The molecule has 0 aromatic heterocycles. The fraction of sp³-hybridized carbons (Fsp3) is 0.808. The van der Waals surface area contributed by atoms with Gasteiger partial charge in [-0.3, -0.25) is 24.0 Å². The predicted octanol–water partition coefficient (Wildman–Crippen LogP) is -0.719. The van der Waals surface area contributed by atoms with E-state index in [1.54, 1.807) is 0 Å². The van der Waals surface area contributed by atoms with Crippen LogP contribution in [0, 0.1) is 0 Å². The Morgan fingerprint density at radius 1 is 0.667 bits per heavy atom. The summed E-state index contributed by atoms with van der Waals surface area (Å²) < 4.78 is 50.1. The lowest BCUT2D eigenvalue weighted by Crippen LogP contribution is -2.66. The summed E-state index contributed by atoms with van der Waals surface area (Å²) in [4.78, 5) is 59.8. The minimum Gasteiger partial charge on any atom is -0.463 e. The standard InChI is InChI=1S/C26H40O16/c1-7-8-9-34-20-18(11-35-12(2)28)41-26(24(38-15(5)31)22(20)37-14(4)30)42-23-21(36-13(3)29)19(33)17(10-27)40-25(23)39-16(6)32/h17-27,33H,7-11H2,1-6H3/t17-,18+,19+,20+,21-,22-,23-,24-,25-,26+/m0/s1. The largest absolute Gasteiger partial charge is 0.463 e. The molecule has 16 heteroatoms. The number of carbonyl (C=O) groups excluding carboxylic acids is 5. The average Bonchev–Trinajstić information content (AvgIpc) is 2.88. The number of ether oxygens (including phenoxy) is 9. The highest BCUT2D eigenvalue weighted by Gasteiger charge is 2.56. The van der Waals surface area contributed by atoms with E-state index in [0.717, 1.165) is 34.1 Å². The van der Waals surface area contributed by atoms with Gasteiger partial charge in [-0.2, -0.15) is 0 Å². The zero-order valence-electron chi connectivity index (χ0n) is 24.4. The van der Waals surface area contributed by atoms with Crippen molar-refractivity contribution >= 4 is 29.8 Å². The van der Waals surface area contributed by atoms with E-state index in [1.165, 1.54) is 6.92 Å². The Kier molecular flexibility index (Phi) is 14.0. The minimum atomic E-state index is -1.67. The molecule has 0 spiro atoms. The number of esters is 5. The van der Waals surface area contributed by atoms with Crippen molar-refractivity contribution in [1.82, 2.24) is 0 Å². The van der Waals surface area contributed by atoms with Gasteiger partial charge in [-0.15, -0.1) is 0 Å². The molecule has 2 rings (SSSR count).